The van der Waals surface area contributed by atoms with Gasteiger partial charge in [0.25, 0.3) is 0 Å². The summed E-state index contributed by atoms with van der Waals surface area (Å²) in [4.78, 5) is 22.6. The van der Waals surface area contributed by atoms with Gasteiger partial charge in [-0.3, -0.25) is 0 Å². The summed E-state index contributed by atoms with van der Waals surface area (Å²) in [7, 11) is -3.18. The van der Waals surface area contributed by atoms with Crippen LogP contribution in [-0.4, -0.2) is 44.1 Å². The molecule has 0 saturated heterocycles. The molecule has 0 unspecified atom stereocenters. The zero-order valence-corrected chi connectivity index (χ0v) is 12.1. The van der Waals surface area contributed by atoms with Crippen LogP contribution in [0.3, 0.4) is 0 Å². The average molecular weight is 321 g/mol. The highest BCUT2D eigenvalue weighted by atomic mass is 35.5. The van der Waals surface area contributed by atoms with Gasteiger partial charge in [-0.25, -0.2) is 18.0 Å². The maximum atomic E-state index is 11.5. The lowest BCUT2D eigenvalue weighted by Gasteiger charge is -2.10. The molecule has 0 bridgehead atoms. The third-order valence-corrected chi connectivity index (χ3v) is 3.49. The Balaban J connectivity index is 2.72. The van der Waals surface area contributed by atoms with Crippen LogP contribution < -0.4 is 10.6 Å². The topological polar surface area (TPSA) is 113 Å². The number of rotatable bonds is 5. The van der Waals surface area contributed by atoms with E-state index < -0.39 is 21.8 Å². The van der Waals surface area contributed by atoms with Crippen LogP contribution in [0.15, 0.2) is 18.2 Å². The largest absolute Gasteiger partial charge is 0.478 e. The second kappa shape index (κ2) is 6.58. The monoisotopic (exact) mass is 320 g/mol. The minimum Gasteiger partial charge on any atom is -0.478 e. The molecule has 110 valence electrons. The number of nitrogens with one attached hydrogen (secondary N) is 2. The number of halogens is 1. The van der Waals surface area contributed by atoms with E-state index in [4.69, 9.17) is 16.7 Å². The lowest BCUT2D eigenvalue weighted by molar-refractivity contribution is 0.0698. The molecule has 1 aromatic rings. The molecule has 0 spiro atoms. The second-order valence-electron chi connectivity index (χ2n) is 3.98. The number of hydrogen-bond donors (Lipinski definition) is 3. The number of hydrogen-bond acceptors (Lipinski definition) is 4. The molecule has 0 fully saturated rings. The fourth-order valence-corrected chi connectivity index (χ4v) is 2.09. The van der Waals surface area contributed by atoms with Crippen molar-refractivity contribution in [1.29, 1.82) is 0 Å². The van der Waals surface area contributed by atoms with E-state index in [0.29, 0.717) is 0 Å². The summed E-state index contributed by atoms with van der Waals surface area (Å²) in [6.45, 7) is -0.0758. The first-order valence-corrected chi connectivity index (χ1v) is 7.89. The zero-order valence-electron chi connectivity index (χ0n) is 10.5. The Labute approximate surface area is 120 Å². The van der Waals surface area contributed by atoms with Crippen LogP contribution in [0.25, 0.3) is 0 Å². The van der Waals surface area contributed by atoms with Crippen LogP contribution in [0.2, 0.25) is 5.02 Å². The lowest BCUT2D eigenvalue weighted by atomic mass is 10.2. The molecule has 0 heterocycles. The Morgan fingerprint density at radius 3 is 2.55 bits per heavy atom. The van der Waals surface area contributed by atoms with Gasteiger partial charge in [0.15, 0.2) is 0 Å². The Kier molecular flexibility index (Phi) is 5.34. The van der Waals surface area contributed by atoms with Gasteiger partial charge < -0.3 is 15.7 Å². The number of carbonyl (C=O) groups excluding carboxylic acids is 1. The van der Waals surface area contributed by atoms with Crippen LogP contribution >= 0.6 is 11.6 Å². The highest BCUT2D eigenvalue weighted by Gasteiger charge is 2.16. The highest BCUT2D eigenvalue weighted by Crippen LogP contribution is 2.24. The number of carboxylic acids is 1. The quantitative estimate of drug-likeness (QED) is 0.754. The van der Waals surface area contributed by atoms with Crippen molar-refractivity contribution in [2.45, 2.75) is 0 Å². The minimum absolute atomic E-state index is 0.00793. The molecule has 20 heavy (non-hydrogen) atoms. The van der Waals surface area contributed by atoms with Gasteiger partial charge in [-0.1, -0.05) is 17.7 Å². The highest BCUT2D eigenvalue weighted by molar-refractivity contribution is 7.90. The van der Waals surface area contributed by atoms with Crippen molar-refractivity contribution >= 4 is 39.1 Å². The zero-order chi connectivity index (χ0) is 15.3. The molecule has 3 N–H and O–H groups in total. The number of sulfone groups is 1. The molecule has 0 radical (unpaired) electrons. The van der Waals surface area contributed by atoms with Gasteiger partial charge in [-0.05, 0) is 12.1 Å². The standard InChI is InChI=1S/C11H13ClN2O5S/c1-20(18,19)6-5-13-11(17)14-8-4-2-3-7(12)9(8)10(15)16/h2-4H,5-6H2,1H3,(H,15,16)(H2,13,14,17). The first kappa shape index (κ1) is 16.3. The normalized spacial score (nSPS) is 10.9. The summed E-state index contributed by atoms with van der Waals surface area (Å²) in [5, 5.41) is 13.6. The van der Waals surface area contributed by atoms with E-state index in [1.54, 1.807) is 0 Å². The van der Waals surface area contributed by atoms with Crippen LogP contribution in [0.5, 0.6) is 0 Å². The predicted octanol–water partition coefficient (Wildman–Crippen LogP) is 1.20. The van der Waals surface area contributed by atoms with Crippen LogP contribution in [0, 0.1) is 0 Å². The summed E-state index contributed by atoms with van der Waals surface area (Å²) >= 11 is 5.74. The molecule has 9 heteroatoms. The van der Waals surface area contributed by atoms with Crippen molar-refractivity contribution in [3.63, 3.8) is 0 Å². The third kappa shape index (κ3) is 5.06. The van der Waals surface area contributed by atoms with Gasteiger partial charge >= 0.3 is 12.0 Å². The van der Waals surface area contributed by atoms with E-state index in [1.807, 2.05) is 0 Å². The smallest absolute Gasteiger partial charge is 0.339 e. The molecule has 1 aromatic carbocycles. The first-order chi connectivity index (χ1) is 9.20. The van der Waals surface area contributed by atoms with Crippen molar-refractivity contribution in [2.75, 3.05) is 23.9 Å². The molecular formula is C11H13ClN2O5S. The summed E-state index contributed by atoms with van der Waals surface area (Å²) in [5.41, 5.74) is -0.200. The average Bonchev–Trinajstić information content (AvgIpc) is 2.26. The maximum absolute atomic E-state index is 11.5. The van der Waals surface area contributed by atoms with Gasteiger partial charge in [0.2, 0.25) is 0 Å². The SMILES string of the molecule is CS(=O)(=O)CCNC(=O)Nc1cccc(Cl)c1C(=O)O. The Bertz CT molecular complexity index is 630. The predicted molar refractivity (Wildman–Crippen MR) is 75.1 cm³/mol. The van der Waals surface area contributed by atoms with Crippen LogP contribution in [0.4, 0.5) is 10.5 Å². The van der Waals surface area contributed by atoms with E-state index in [1.165, 1.54) is 18.2 Å². The number of anilines is 1. The number of aromatic carboxylic acids is 1. The van der Waals surface area contributed by atoms with E-state index in [9.17, 15) is 18.0 Å². The molecule has 0 aliphatic rings. The van der Waals surface area contributed by atoms with Crippen LogP contribution in [0.1, 0.15) is 10.4 Å². The van der Waals surface area contributed by atoms with Gasteiger partial charge in [0, 0.05) is 12.8 Å². The van der Waals surface area contributed by atoms with Gasteiger partial charge in [-0.15, -0.1) is 0 Å². The Morgan fingerprint density at radius 2 is 2.00 bits per heavy atom. The molecule has 1 rings (SSSR count). The number of carboxylic acid groups (broad SMARTS) is 1. The summed E-state index contributed by atoms with van der Waals surface area (Å²) in [5.74, 6) is -1.48. The minimum atomic E-state index is -3.18. The number of amides is 2. The van der Waals surface area contributed by atoms with Crippen molar-refractivity contribution in [3.8, 4) is 0 Å². The summed E-state index contributed by atoms with van der Waals surface area (Å²) in [6, 6.07) is 3.54. The number of urea groups is 1. The number of carbonyl (C=O) groups is 2. The van der Waals surface area contributed by atoms with E-state index >= 15 is 0 Å². The second-order valence-corrected chi connectivity index (χ2v) is 6.65. The first-order valence-electron chi connectivity index (χ1n) is 5.45. The van der Waals surface area contributed by atoms with Crippen LogP contribution in [-0.2, 0) is 9.84 Å². The molecule has 0 atom stereocenters. The summed E-state index contributed by atoms with van der Waals surface area (Å²) in [6.07, 6.45) is 1.05. The summed E-state index contributed by atoms with van der Waals surface area (Å²) < 4.78 is 21.8. The Hall–Kier alpha value is -1.80. The number of benzene rings is 1. The third-order valence-electron chi connectivity index (χ3n) is 2.23. The van der Waals surface area contributed by atoms with Gasteiger partial charge in [0.05, 0.1) is 16.5 Å². The molecule has 0 aliphatic carbocycles. The Morgan fingerprint density at radius 1 is 1.35 bits per heavy atom. The molecule has 0 aromatic heterocycles. The molecule has 0 aliphatic heterocycles. The fraction of sp³-hybridized carbons (Fsp3) is 0.273. The molecule has 2 amide bonds. The molecule has 0 saturated carbocycles. The van der Waals surface area contributed by atoms with Gasteiger partial charge in [0.1, 0.15) is 15.4 Å². The van der Waals surface area contributed by atoms with Crippen molar-refractivity contribution in [1.82, 2.24) is 5.32 Å². The maximum Gasteiger partial charge on any atom is 0.339 e. The fourth-order valence-electron chi connectivity index (χ4n) is 1.36. The molecular weight excluding hydrogens is 308 g/mol. The van der Waals surface area contributed by atoms with Crippen molar-refractivity contribution in [3.05, 3.63) is 28.8 Å². The lowest BCUT2D eigenvalue weighted by Crippen LogP contribution is -2.33. The van der Waals surface area contributed by atoms with Crippen molar-refractivity contribution in [2.24, 2.45) is 0 Å². The van der Waals surface area contributed by atoms with E-state index in [0.717, 1.165) is 6.26 Å². The van der Waals surface area contributed by atoms with E-state index in [-0.39, 0.29) is 28.6 Å². The van der Waals surface area contributed by atoms with Crippen molar-refractivity contribution < 1.29 is 23.1 Å². The molecule has 7 nitrogen and oxygen atoms in total. The van der Waals surface area contributed by atoms with E-state index in [2.05, 4.69) is 10.6 Å². The van der Waals surface area contributed by atoms with Gasteiger partial charge in [-0.2, -0.15) is 0 Å².